The van der Waals surface area contributed by atoms with Gasteiger partial charge >= 0.3 is 0 Å². The molecule has 3 aromatic carbocycles. The number of nitrogens with one attached hydrogen (secondary N) is 3. The van der Waals surface area contributed by atoms with Crippen LogP contribution >= 0.6 is 0 Å². The third kappa shape index (κ3) is 3.71. The van der Waals surface area contributed by atoms with Crippen molar-refractivity contribution in [2.24, 2.45) is 5.92 Å². The monoisotopic (exact) mass is 445 g/mol. The van der Waals surface area contributed by atoms with E-state index in [1.54, 1.807) is 18.3 Å². The van der Waals surface area contributed by atoms with E-state index in [4.69, 9.17) is 0 Å². The molecule has 3 N–H and O–H groups in total. The molecule has 1 aromatic heterocycles. The summed E-state index contributed by atoms with van der Waals surface area (Å²) in [6, 6.07) is 24.7. The Labute approximate surface area is 197 Å². The smallest absolute Gasteiger partial charge is 0.255 e. The Kier molecular flexibility index (Phi) is 4.70. The van der Waals surface area contributed by atoms with Crippen molar-refractivity contribution in [2.75, 3.05) is 16.0 Å². The van der Waals surface area contributed by atoms with Gasteiger partial charge in [-0.2, -0.15) is 5.26 Å². The van der Waals surface area contributed by atoms with Gasteiger partial charge in [0.1, 0.15) is 0 Å². The van der Waals surface area contributed by atoms with Crippen molar-refractivity contribution in [3.05, 3.63) is 90.1 Å². The molecule has 2 bridgehead atoms. The van der Waals surface area contributed by atoms with Crippen molar-refractivity contribution in [3.8, 4) is 6.07 Å². The molecule has 1 amide bonds. The number of nitriles is 1. The highest BCUT2D eigenvalue weighted by atomic mass is 16.1. The zero-order chi connectivity index (χ0) is 23.1. The van der Waals surface area contributed by atoms with Crippen molar-refractivity contribution < 1.29 is 4.79 Å². The molecule has 6 heteroatoms. The van der Waals surface area contributed by atoms with Crippen molar-refractivity contribution in [1.29, 1.82) is 5.26 Å². The van der Waals surface area contributed by atoms with Gasteiger partial charge in [-0.05, 0) is 91.9 Å². The molecule has 3 saturated carbocycles. The van der Waals surface area contributed by atoms with Crippen molar-refractivity contribution in [3.63, 3.8) is 0 Å². The lowest BCUT2D eigenvalue weighted by Crippen LogP contribution is -2.63. The highest BCUT2D eigenvalue weighted by Crippen LogP contribution is 2.58. The zero-order valence-corrected chi connectivity index (χ0v) is 18.5. The summed E-state index contributed by atoms with van der Waals surface area (Å²) in [6.07, 6.45) is 5.57. The molecule has 0 radical (unpaired) electrons. The number of amides is 1. The Morgan fingerprint density at radius 1 is 0.941 bits per heavy atom. The van der Waals surface area contributed by atoms with E-state index >= 15 is 0 Å². The first-order valence-corrected chi connectivity index (χ1v) is 11.4. The summed E-state index contributed by atoms with van der Waals surface area (Å²) in [7, 11) is 0. The fraction of sp³-hybridized carbons (Fsp3) is 0.179. The van der Waals surface area contributed by atoms with Crippen molar-refractivity contribution in [1.82, 2.24) is 4.98 Å². The Morgan fingerprint density at radius 3 is 2.47 bits per heavy atom. The van der Waals surface area contributed by atoms with Gasteiger partial charge in [-0.1, -0.05) is 6.07 Å². The minimum absolute atomic E-state index is 0.171. The van der Waals surface area contributed by atoms with Gasteiger partial charge in [0, 0.05) is 45.4 Å². The molecule has 0 unspecified atom stereocenters. The average molecular weight is 446 g/mol. The van der Waals surface area contributed by atoms with Crippen LogP contribution in [0.1, 0.15) is 35.2 Å². The number of carbonyl (C=O) groups is 1. The third-order valence-corrected chi connectivity index (χ3v) is 6.86. The second-order valence-electron chi connectivity index (χ2n) is 9.32. The maximum absolute atomic E-state index is 12.9. The normalized spacial score (nSPS) is 19.9. The van der Waals surface area contributed by atoms with E-state index < -0.39 is 0 Å². The quantitative estimate of drug-likeness (QED) is 0.335. The number of pyridine rings is 1. The molecule has 0 saturated heterocycles. The van der Waals surface area contributed by atoms with Crippen molar-refractivity contribution >= 4 is 39.6 Å². The summed E-state index contributed by atoms with van der Waals surface area (Å²) in [5.41, 5.74) is 5.72. The lowest BCUT2D eigenvalue weighted by Gasteiger charge is -2.62. The Bertz CT molecular complexity index is 1440. The predicted octanol–water partition coefficient (Wildman–Crippen LogP) is 6.07. The average Bonchev–Trinajstić information content (AvgIpc) is 2.82. The number of benzene rings is 3. The van der Waals surface area contributed by atoms with Gasteiger partial charge in [-0.3, -0.25) is 9.78 Å². The number of anilines is 4. The van der Waals surface area contributed by atoms with Gasteiger partial charge in [0.2, 0.25) is 0 Å². The topological polar surface area (TPSA) is 89.8 Å². The van der Waals surface area contributed by atoms with Crippen LogP contribution in [0.3, 0.4) is 0 Å². The molecular weight excluding hydrogens is 422 g/mol. The molecule has 3 aliphatic carbocycles. The summed E-state index contributed by atoms with van der Waals surface area (Å²) < 4.78 is 0. The molecule has 3 fully saturated rings. The molecule has 7 rings (SSSR count). The molecule has 0 atom stereocenters. The number of fused-ring (bicyclic) bond motifs is 1. The van der Waals surface area contributed by atoms with E-state index in [1.807, 2.05) is 60.7 Å². The maximum Gasteiger partial charge on any atom is 0.255 e. The zero-order valence-electron chi connectivity index (χ0n) is 18.5. The van der Waals surface area contributed by atoms with Crippen LogP contribution in [0, 0.1) is 17.2 Å². The molecule has 0 spiro atoms. The Balaban J connectivity index is 1.16. The fourth-order valence-electron chi connectivity index (χ4n) is 5.00. The summed E-state index contributed by atoms with van der Waals surface area (Å²) in [6.45, 7) is 0. The van der Waals surface area contributed by atoms with E-state index in [0.717, 1.165) is 39.6 Å². The standard InChI is InChI=1S/C28H23N5O/c29-17-18-4-9-25-24(12-18)26(10-11-30-25)31-23-3-1-2-20(13-23)27(34)32-21-5-7-22(8-6-21)33-28-14-19(15-28)16-28/h1-13,19,33H,14-16H2,(H,30,31)(H,32,34). The van der Waals surface area contributed by atoms with Crippen LogP contribution in [-0.4, -0.2) is 16.4 Å². The first-order chi connectivity index (χ1) is 16.6. The lowest BCUT2D eigenvalue weighted by atomic mass is 9.50. The molecule has 3 aliphatic rings. The summed E-state index contributed by atoms with van der Waals surface area (Å²) in [4.78, 5) is 17.3. The van der Waals surface area contributed by atoms with Crippen LogP contribution in [0.2, 0.25) is 0 Å². The SMILES string of the molecule is N#Cc1ccc2nccc(Nc3cccc(C(=O)Nc4ccc(NC56CC(C5)C6)cc4)c3)c2c1. The van der Waals surface area contributed by atoms with Gasteiger partial charge < -0.3 is 16.0 Å². The van der Waals surface area contributed by atoms with Crippen LogP contribution in [0.4, 0.5) is 22.7 Å². The fourth-order valence-corrected chi connectivity index (χ4v) is 5.00. The van der Waals surface area contributed by atoms with Crippen LogP contribution in [0.15, 0.2) is 79.0 Å². The van der Waals surface area contributed by atoms with E-state index in [-0.39, 0.29) is 5.91 Å². The summed E-state index contributed by atoms with van der Waals surface area (Å²) in [5.74, 6) is 0.763. The molecule has 0 aliphatic heterocycles. The van der Waals surface area contributed by atoms with E-state index in [9.17, 15) is 10.1 Å². The predicted molar refractivity (Wildman–Crippen MR) is 134 cm³/mol. The van der Waals surface area contributed by atoms with Crippen LogP contribution < -0.4 is 16.0 Å². The van der Waals surface area contributed by atoms with Crippen LogP contribution in [-0.2, 0) is 0 Å². The highest BCUT2D eigenvalue weighted by molar-refractivity contribution is 6.05. The number of hydrogen-bond acceptors (Lipinski definition) is 5. The van der Waals surface area contributed by atoms with Gasteiger partial charge in [-0.25, -0.2) is 0 Å². The number of hydrogen-bond donors (Lipinski definition) is 3. The van der Waals surface area contributed by atoms with Crippen LogP contribution in [0.25, 0.3) is 10.9 Å². The largest absolute Gasteiger partial charge is 0.380 e. The van der Waals surface area contributed by atoms with Gasteiger partial charge in [0.15, 0.2) is 0 Å². The van der Waals surface area contributed by atoms with E-state index in [0.29, 0.717) is 16.7 Å². The first kappa shape index (κ1) is 20.3. The van der Waals surface area contributed by atoms with Gasteiger partial charge in [0.25, 0.3) is 5.91 Å². The van der Waals surface area contributed by atoms with Gasteiger partial charge in [-0.15, -0.1) is 0 Å². The minimum Gasteiger partial charge on any atom is -0.380 e. The number of carbonyl (C=O) groups excluding carboxylic acids is 1. The number of nitrogens with zero attached hydrogens (tertiary/aromatic N) is 2. The van der Waals surface area contributed by atoms with Gasteiger partial charge in [0.05, 0.1) is 17.1 Å². The highest BCUT2D eigenvalue weighted by Gasteiger charge is 2.56. The van der Waals surface area contributed by atoms with Crippen molar-refractivity contribution in [2.45, 2.75) is 24.8 Å². The molecule has 34 heavy (non-hydrogen) atoms. The first-order valence-electron chi connectivity index (χ1n) is 11.4. The Morgan fingerprint density at radius 2 is 1.74 bits per heavy atom. The summed E-state index contributed by atoms with van der Waals surface area (Å²) in [5, 5.41) is 20.1. The number of rotatable bonds is 6. The Hall–Kier alpha value is -4.37. The lowest BCUT2D eigenvalue weighted by molar-refractivity contribution is 0.00214. The molecule has 1 heterocycles. The molecule has 6 nitrogen and oxygen atoms in total. The van der Waals surface area contributed by atoms with Crippen LogP contribution in [0.5, 0.6) is 0 Å². The van der Waals surface area contributed by atoms with E-state index in [2.05, 4.69) is 27.0 Å². The molecule has 166 valence electrons. The second-order valence-corrected chi connectivity index (χ2v) is 9.32. The second kappa shape index (κ2) is 7.89. The molecular formula is C28H23N5O. The maximum atomic E-state index is 12.9. The third-order valence-electron chi connectivity index (χ3n) is 6.86. The minimum atomic E-state index is -0.171. The number of aromatic nitrogens is 1. The molecule has 4 aromatic rings. The van der Waals surface area contributed by atoms with E-state index in [1.165, 1.54) is 19.3 Å². The summed E-state index contributed by atoms with van der Waals surface area (Å²) >= 11 is 0.